The number of hydrogen-bond donors (Lipinski definition) is 3. The second kappa shape index (κ2) is 5.51. The Hall–Kier alpha value is -2.24. The fraction of sp³-hybridized carbons (Fsp3) is 0.0667. The van der Waals surface area contributed by atoms with Crippen molar-refractivity contribution >= 4 is 51.8 Å². The minimum absolute atomic E-state index is 0.223. The molecule has 0 spiro atoms. The first-order chi connectivity index (χ1) is 10.5. The van der Waals surface area contributed by atoms with Crippen molar-refractivity contribution in [1.82, 2.24) is 9.97 Å². The van der Waals surface area contributed by atoms with Gasteiger partial charge < -0.3 is 15.4 Å². The molecule has 0 unspecified atom stereocenters. The standard InChI is InChI=1S/C15H11Cl2N3O2/c1-7-5-11-12(6-8(7)14(21)22)19-15(18-11)20-13-9(16)3-2-4-10(13)17/h2-6H,1H3,(H,21,22)(H2,18,19,20). The third-order valence-electron chi connectivity index (χ3n) is 3.26. The zero-order valence-electron chi connectivity index (χ0n) is 11.4. The van der Waals surface area contributed by atoms with E-state index >= 15 is 0 Å². The summed E-state index contributed by atoms with van der Waals surface area (Å²) in [5.74, 6) is -0.544. The van der Waals surface area contributed by atoms with Crippen LogP contribution in [0.5, 0.6) is 0 Å². The van der Waals surface area contributed by atoms with Gasteiger partial charge in [0.25, 0.3) is 0 Å². The summed E-state index contributed by atoms with van der Waals surface area (Å²) in [6.07, 6.45) is 0. The highest BCUT2D eigenvalue weighted by Gasteiger charge is 2.13. The Bertz CT molecular complexity index is 870. The fourth-order valence-electron chi connectivity index (χ4n) is 2.19. The van der Waals surface area contributed by atoms with Crippen LogP contribution in [-0.2, 0) is 0 Å². The highest BCUT2D eigenvalue weighted by molar-refractivity contribution is 6.39. The molecule has 3 N–H and O–H groups in total. The average Bonchev–Trinajstić information content (AvgIpc) is 2.83. The van der Waals surface area contributed by atoms with E-state index in [1.807, 2.05) is 0 Å². The molecule has 0 aliphatic heterocycles. The Morgan fingerprint density at radius 2 is 1.95 bits per heavy atom. The van der Waals surface area contributed by atoms with Crippen LogP contribution in [0.2, 0.25) is 10.0 Å². The summed E-state index contributed by atoms with van der Waals surface area (Å²) in [6, 6.07) is 8.45. The van der Waals surface area contributed by atoms with E-state index in [0.29, 0.717) is 32.8 Å². The summed E-state index contributed by atoms with van der Waals surface area (Å²) in [6.45, 7) is 1.74. The monoisotopic (exact) mass is 335 g/mol. The highest BCUT2D eigenvalue weighted by Crippen LogP contribution is 2.32. The van der Waals surface area contributed by atoms with Crippen molar-refractivity contribution in [2.45, 2.75) is 6.92 Å². The van der Waals surface area contributed by atoms with E-state index < -0.39 is 5.97 Å². The van der Waals surface area contributed by atoms with E-state index in [1.165, 1.54) is 6.07 Å². The lowest BCUT2D eigenvalue weighted by Crippen LogP contribution is -1.99. The number of para-hydroxylation sites is 1. The van der Waals surface area contributed by atoms with Crippen LogP contribution in [-0.4, -0.2) is 21.0 Å². The number of hydrogen-bond acceptors (Lipinski definition) is 3. The number of benzene rings is 2. The number of anilines is 2. The predicted octanol–water partition coefficient (Wildman–Crippen LogP) is 4.62. The predicted molar refractivity (Wildman–Crippen MR) is 87.5 cm³/mol. The number of imidazole rings is 1. The van der Waals surface area contributed by atoms with E-state index in [1.54, 1.807) is 31.2 Å². The Kier molecular flexibility index (Phi) is 3.68. The minimum Gasteiger partial charge on any atom is -0.478 e. The molecule has 0 bridgehead atoms. The topological polar surface area (TPSA) is 78.0 Å². The molecule has 5 nitrogen and oxygen atoms in total. The molecule has 0 aliphatic rings. The number of H-pyrrole nitrogens is 1. The van der Waals surface area contributed by atoms with E-state index in [-0.39, 0.29) is 5.56 Å². The van der Waals surface area contributed by atoms with Gasteiger partial charge in [-0.1, -0.05) is 29.3 Å². The number of carboxylic acid groups (broad SMARTS) is 1. The zero-order chi connectivity index (χ0) is 15.9. The van der Waals surface area contributed by atoms with Crippen LogP contribution < -0.4 is 5.32 Å². The smallest absolute Gasteiger partial charge is 0.336 e. The third-order valence-corrected chi connectivity index (χ3v) is 3.89. The summed E-state index contributed by atoms with van der Waals surface area (Å²) in [5, 5.41) is 13.1. The molecule has 2 aromatic carbocycles. The number of carboxylic acids is 1. The Balaban J connectivity index is 2.04. The number of aromatic amines is 1. The molecule has 0 fully saturated rings. The number of nitrogens with one attached hydrogen (secondary N) is 2. The second-order valence-electron chi connectivity index (χ2n) is 4.80. The first kappa shape index (κ1) is 14.7. The van der Waals surface area contributed by atoms with Gasteiger partial charge in [0.05, 0.1) is 32.3 Å². The zero-order valence-corrected chi connectivity index (χ0v) is 13.0. The molecule has 0 radical (unpaired) electrons. The van der Waals surface area contributed by atoms with Crippen molar-refractivity contribution in [2.75, 3.05) is 5.32 Å². The molecule has 0 aliphatic carbocycles. The van der Waals surface area contributed by atoms with Gasteiger partial charge in [0.15, 0.2) is 0 Å². The van der Waals surface area contributed by atoms with Gasteiger partial charge in [-0.15, -0.1) is 0 Å². The highest BCUT2D eigenvalue weighted by atomic mass is 35.5. The molecular formula is C15H11Cl2N3O2. The number of halogens is 2. The first-order valence-corrected chi connectivity index (χ1v) is 7.16. The van der Waals surface area contributed by atoms with Crippen molar-refractivity contribution in [3.05, 3.63) is 51.5 Å². The SMILES string of the molecule is Cc1cc2[nH]c(Nc3c(Cl)cccc3Cl)nc2cc1C(=O)O. The molecule has 3 aromatic rings. The summed E-state index contributed by atoms with van der Waals surface area (Å²) < 4.78 is 0. The summed E-state index contributed by atoms with van der Waals surface area (Å²) >= 11 is 12.2. The van der Waals surface area contributed by atoms with Crippen molar-refractivity contribution in [1.29, 1.82) is 0 Å². The van der Waals surface area contributed by atoms with Crippen LogP contribution in [0.4, 0.5) is 11.6 Å². The Morgan fingerprint density at radius 3 is 2.59 bits per heavy atom. The van der Waals surface area contributed by atoms with Gasteiger partial charge in [-0.05, 0) is 36.8 Å². The first-order valence-electron chi connectivity index (χ1n) is 6.40. The Labute approximate surface area is 135 Å². The van der Waals surface area contributed by atoms with E-state index in [9.17, 15) is 4.79 Å². The van der Waals surface area contributed by atoms with Gasteiger partial charge in [-0.25, -0.2) is 9.78 Å². The lowest BCUT2D eigenvalue weighted by Gasteiger charge is -2.06. The quantitative estimate of drug-likeness (QED) is 0.652. The summed E-state index contributed by atoms with van der Waals surface area (Å²) in [7, 11) is 0. The van der Waals surface area contributed by atoms with Gasteiger partial charge in [-0.3, -0.25) is 0 Å². The molecule has 1 aromatic heterocycles. The largest absolute Gasteiger partial charge is 0.478 e. The van der Waals surface area contributed by atoms with Gasteiger partial charge in [0.1, 0.15) is 0 Å². The van der Waals surface area contributed by atoms with Crippen LogP contribution >= 0.6 is 23.2 Å². The van der Waals surface area contributed by atoms with E-state index in [2.05, 4.69) is 15.3 Å². The number of aromatic carboxylic acids is 1. The third kappa shape index (κ3) is 2.61. The molecule has 0 saturated carbocycles. The maximum Gasteiger partial charge on any atom is 0.336 e. The number of aryl methyl sites for hydroxylation is 1. The molecule has 22 heavy (non-hydrogen) atoms. The molecule has 3 rings (SSSR count). The molecule has 0 saturated heterocycles. The van der Waals surface area contributed by atoms with Crippen LogP contribution in [0.1, 0.15) is 15.9 Å². The average molecular weight is 336 g/mol. The summed E-state index contributed by atoms with van der Waals surface area (Å²) in [5.41, 5.74) is 2.70. The van der Waals surface area contributed by atoms with Crippen molar-refractivity contribution in [3.8, 4) is 0 Å². The number of rotatable bonds is 3. The van der Waals surface area contributed by atoms with Crippen LogP contribution in [0.3, 0.4) is 0 Å². The molecule has 7 heteroatoms. The molecular weight excluding hydrogens is 325 g/mol. The molecule has 112 valence electrons. The van der Waals surface area contributed by atoms with Gasteiger partial charge in [-0.2, -0.15) is 0 Å². The number of fused-ring (bicyclic) bond motifs is 1. The molecule has 1 heterocycles. The van der Waals surface area contributed by atoms with Crippen molar-refractivity contribution in [3.63, 3.8) is 0 Å². The second-order valence-corrected chi connectivity index (χ2v) is 5.61. The fourth-order valence-corrected chi connectivity index (χ4v) is 2.68. The molecule has 0 amide bonds. The van der Waals surface area contributed by atoms with Crippen LogP contribution in [0.15, 0.2) is 30.3 Å². The van der Waals surface area contributed by atoms with Gasteiger partial charge in [0, 0.05) is 0 Å². The van der Waals surface area contributed by atoms with Gasteiger partial charge >= 0.3 is 5.97 Å². The van der Waals surface area contributed by atoms with Gasteiger partial charge in [0.2, 0.25) is 5.95 Å². The molecule has 0 atom stereocenters. The Morgan fingerprint density at radius 1 is 1.27 bits per heavy atom. The lowest BCUT2D eigenvalue weighted by molar-refractivity contribution is 0.0696. The summed E-state index contributed by atoms with van der Waals surface area (Å²) in [4.78, 5) is 18.6. The normalized spacial score (nSPS) is 10.9. The van der Waals surface area contributed by atoms with Crippen molar-refractivity contribution < 1.29 is 9.90 Å². The minimum atomic E-state index is -0.981. The number of nitrogens with zero attached hydrogens (tertiary/aromatic N) is 1. The van der Waals surface area contributed by atoms with Crippen LogP contribution in [0.25, 0.3) is 11.0 Å². The maximum absolute atomic E-state index is 11.2. The number of aromatic nitrogens is 2. The van der Waals surface area contributed by atoms with E-state index in [0.717, 1.165) is 5.52 Å². The number of carbonyl (C=O) groups is 1. The van der Waals surface area contributed by atoms with E-state index in [4.69, 9.17) is 28.3 Å². The lowest BCUT2D eigenvalue weighted by atomic mass is 10.1. The van der Waals surface area contributed by atoms with Crippen LogP contribution in [0, 0.1) is 6.92 Å². The van der Waals surface area contributed by atoms with Crippen molar-refractivity contribution in [2.24, 2.45) is 0 Å². The maximum atomic E-state index is 11.2.